The van der Waals surface area contributed by atoms with Gasteiger partial charge in [0.2, 0.25) is 0 Å². The van der Waals surface area contributed by atoms with Gasteiger partial charge in [-0.2, -0.15) is 0 Å². The number of rotatable bonds is 4. The second-order valence-corrected chi connectivity index (χ2v) is 6.81. The van der Waals surface area contributed by atoms with Crippen molar-refractivity contribution in [1.29, 1.82) is 0 Å². The van der Waals surface area contributed by atoms with Gasteiger partial charge in [-0.15, -0.1) is 0 Å². The fourth-order valence-corrected chi connectivity index (χ4v) is 3.25. The van der Waals surface area contributed by atoms with Crippen LogP contribution < -0.4 is 5.32 Å². The second-order valence-electron chi connectivity index (χ2n) is 6.41. The number of anilines is 1. The lowest BCUT2D eigenvalue weighted by Crippen LogP contribution is -2.39. The molecule has 2 aromatic rings. The average Bonchev–Trinajstić information content (AvgIpc) is 2.61. The van der Waals surface area contributed by atoms with E-state index in [1.165, 1.54) is 6.42 Å². The molecule has 1 atom stereocenters. The van der Waals surface area contributed by atoms with Crippen LogP contribution in [0.5, 0.6) is 0 Å². The molecule has 1 fully saturated rings. The number of hydrogen-bond acceptors (Lipinski definition) is 3. The van der Waals surface area contributed by atoms with Crippen LogP contribution in [-0.4, -0.2) is 28.9 Å². The highest BCUT2D eigenvalue weighted by molar-refractivity contribution is 6.31. The van der Waals surface area contributed by atoms with Crippen LogP contribution >= 0.6 is 11.6 Å². The van der Waals surface area contributed by atoms with Crippen molar-refractivity contribution in [3.05, 3.63) is 58.9 Å². The summed E-state index contributed by atoms with van der Waals surface area (Å²) in [5, 5.41) is 4.02. The Balaban J connectivity index is 1.67. The summed E-state index contributed by atoms with van der Waals surface area (Å²) >= 11 is 6.17. The number of hydrogen-bond donors (Lipinski definition) is 1. The molecule has 1 aliphatic rings. The highest BCUT2D eigenvalue weighted by atomic mass is 35.5. The lowest BCUT2D eigenvalue weighted by Gasteiger charge is -2.31. The molecule has 0 bridgehead atoms. The summed E-state index contributed by atoms with van der Waals surface area (Å²) < 4.78 is 0. The first-order valence-corrected chi connectivity index (χ1v) is 8.73. The van der Waals surface area contributed by atoms with Crippen LogP contribution in [0.3, 0.4) is 0 Å². The molecule has 1 amide bonds. The highest BCUT2D eigenvalue weighted by Gasteiger charge is 2.22. The summed E-state index contributed by atoms with van der Waals surface area (Å²) in [6.45, 7) is 4.45. The van der Waals surface area contributed by atoms with Gasteiger partial charge in [0.25, 0.3) is 5.91 Å². The van der Waals surface area contributed by atoms with E-state index < -0.39 is 0 Å². The zero-order valence-corrected chi connectivity index (χ0v) is 14.6. The molecular formula is C19H22ClN3O. The van der Waals surface area contributed by atoms with Gasteiger partial charge in [0, 0.05) is 37.1 Å². The fourth-order valence-electron chi connectivity index (χ4n) is 3.05. The first kappa shape index (κ1) is 16.8. The van der Waals surface area contributed by atoms with Gasteiger partial charge in [0.1, 0.15) is 0 Å². The summed E-state index contributed by atoms with van der Waals surface area (Å²) in [5.41, 5.74) is 2.47. The van der Waals surface area contributed by atoms with Gasteiger partial charge >= 0.3 is 0 Å². The van der Waals surface area contributed by atoms with Gasteiger partial charge in [-0.05, 0) is 36.5 Å². The molecule has 1 aromatic carbocycles. The molecule has 2 heterocycles. The molecule has 126 valence electrons. The Hall–Kier alpha value is -2.07. The number of piperidine rings is 1. The maximum Gasteiger partial charge on any atom is 0.255 e. The number of nitrogens with zero attached hydrogens (tertiary/aromatic N) is 2. The Morgan fingerprint density at radius 1 is 1.38 bits per heavy atom. The normalized spacial score (nSPS) is 17.6. The van der Waals surface area contributed by atoms with Crippen molar-refractivity contribution in [2.45, 2.75) is 26.3 Å². The van der Waals surface area contributed by atoms with E-state index in [1.54, 1.807) is 12.4 Å². The number of amides is 1. The molecule has 0 saturated carbocycles. The standard InChI is InChI=1S/C19H22ClN3O/c1-14-5-4-8-23(13-14)19(24)16-9-17(12-21-10-16)22-11-15-6-2-3-7-18(15)20/h2-3,6-7,9-10,12,14,22H,4-5,8,11,13H2,1H3. The average molecular weight is 344 g/mol. The number of carbonyl (C=O) groups excluding carboxylic acids is 1. The largest absolute Gasteiger partial charge is 0.380 e. The third-order valence-corrected chi connectivity index (χ3v) is 4.74. The third kappa shape index (κ3) is 4.06. The maximum absolute atomic E-state index is 12.7. The molecule has 3 rings (SSSR count). The Morgan fingerprint density at radius 2 is 2.21 bits per heavy atom. The lowest BCUT2D eigenvalue weighted by molar-refractivity contribution is 0.0682. The zero-order chi connectivity index (χ0) is 16.9. The molecular weight excluding hydrogens is 322 g/mol. The van der Waals surface area contributed by atoms with Crippen LogP contribution in [0.4, 0.5) is 5.69 Å². The van der Waals surface area contributed by atoms with Crippen molar-refractivity contribution in [2.24, 2.45) is 5.92 Å². The molecule has 1 aromatic heterocycles. The van der Waals surface area contributed by atoms with Crippen LogP contribution in [0.1, 0.15) is 35.7 Å². The fraction of sp³-hybridized carbons (Fsp3) is 0.368. The third-order valence-electron chi connectivity index (χ3n) is 4.37. The predicted molar refractivity (Wildman–Crippen MR) is 97.3 cm³/mol. The van der Waals surface area contributed by atoms with Crippen LogP contribution in [0.25, 0.3) is 0 Å². The van der Waals surface area contributed by atoms with Crippen molar-refractivity contribution < 1.29 is 4.79 Å². The molecule has 5 heteroatoms. The minimum Gasteiger partial charge on any atom is -0.380 e. The molecule has 1 N–H and O–H groups in total. The number of likely N-dealkylation sites (tertiary alicyclic amines) is 1. The predicted octanol–water partition coefficient (Wildman–Crippen LogP) is 4.22. The number of pyridine rings is 1. The van der Waals surface area contributed by atoms with Crippen LogP contribution in [-0.2, 0) is 6.54 Å². The first-order valence-electron chi connectivity index (χ1n) is 8.35. The van der Waals surface area contributed by atoms with Crippen molar-refractivity contribution in [1.82, 2.24) is 9.88 Å². The Morgan fingerprint density at radius 3 is 3.00 bits per heavy atom. The number of nitrogens with one attached hydrogen (secondary N) is 1. The van der Waals surface area contributed by atoms with Crippen molar-refractivity contribution in [2.75, 3.05) is 18.4 Å². The molecule has 0 aliphatic carbocycles. The van der Waals surface area contributed by atoms with Gasteiger partial charge < -0.3 is 10.2 Å². The Labute approximate surface area is 147 Å². The SMILES string of the molecule is CC1CCCN(C(=O)c2cncc(NCc3ccccc3Cl)c2)C1. The van der Waals surface area contributed by atoms with E-state index >= 15 is 0 Å². The molecule has 0 radical (unpaired) electrons. The zero-order valence-electron chi connectivity index (χ0n) is 13.8. The van der Waals surface area contributed by atoms with E-state index in [-0.39, 0.29) is 5.91 Å². The van der Waals surface area contributed by atoms with Gasteiger partial charge in [0.05, 0.1) is 11.3 Å². The van der Waals surface area contributed by atoms with E-state index in [9.17, 15) is 4.79 Å². The number of aromatic nitrogens is 1. The van der Waals surface area contributed by atoms with Crippen LogP contribution in [0.2, 0.25) is 5.02 Å². The minimum absolute atomic E-state index is 0.0652. The van der Waals surface area contributed by atoms with Crippen LogP contribution in [0, 0.1) is 5.92 Å². The van der Waals surface area contributed by atoms with Crippen molar-refractivity contribution in [3.8, 4) is 0 Å². The van der Waals surface area contributed by atoms with E-state index in [4.69, 9.17) is 11.6 Å². The molecule has 1 unspecified atom stereocenters. The summed E-state index contributed by atoms with van der Waals surface area (Å²) in [4.78, 5) is 18.8. The summed E-state index contributed by atoms with van der Waals surface area (Å²) in [5.74, 6) is 0.632. The van der Waals surface area contributed by atoms with E-state index in [0.717, 1.165) is 35.8 Å². The summed E-state index contributed by atoms with van der Waals surface area (Å²) in [7, 11) is 0. The minimum atomic E-state index is 0.0652. The second kappa shape index (κ2) is 7.67. The summed E-state index contributed by atoms with van der Waals surface area (Å²) in [6.07, 6.45) is 5.64. The molecule has 0 spiro atoms. The molecule has 1 aliphatic heterocycles. The van der Waals surface area contributed by atoms with Gasteiger partial charge in [-0.25, -0.2) is 0 Å². The number of benzene rings is 1. The Kier molecular flexibility index (Phi) is 5.36. The Bertz CT molecular complexity index is 719. The topological polar surface area (TPSA) is 45.2 Å². The smallest absolute Gasteiger partial charge is 0.255 e. The molecule has 1 saturated heterocycles. The van der Waals surface area contributed by atoms with Crippen molar-refractivity contribution in [3.63, 3.8) is 0 Å². The van der Waals surface area contributed by atoms with E-state index in [0.29, 0.717) is 18.0 Å². The van der Waals surface area contributed by atoms with Crippen molar-refractivity contribution >= 4 is 23.2 Å². The quantitative estimate of drug-likeness (QED) is 0.904. The first-order chi connectivity index (χ1) is 11.6. The van der Waals surface area contributed by atoms with E-state index in [2.05, 4.69) is 17.2 Å². The maximum atomic E-state index is 12.7. The molecule has 24 heavy (non-hydrogen) atoms. The number of halogens is 1. The van der Waals surface area contributed by atoms with Gasteiger partial charge in [-0.3, -0.25) is 9.78 Å². The summed E-state index contributed by atoms with van der Waals surface area (Å²) in [6, 6.07) is 9.58. The number of carbonyl (C=O) groups is 1. The monoisotopic (exact) mass is 343 g/mol. The molecule has 4 nitrogen and oxygen atoms in total. The van der Waals surface area contributed by atoms with Gasteiger partial charge in [0.15, 0.2) is 0 Å². The van der Waals surface area contributed by atoms with Gasteiger partial charge in [-0.1, -0.05) is 36.7 Å². The van der Waals surface area contributed by atoms with E-state index in [1.807, 2.05) is 35.2 Å². The lowest BCUT2D eigenvalue weighted by atomic mass is 10.00. The highest BCUT2D eigenvalue weighted by Crippen LogP contribution is 2.20. The van der Waals surface area contributed by atoms with Crippen LogP contribution in [0.15, 0.2) is 42.7 Å².